The predicted octanol–water partition coefficient (Wildman–Crippen LogP) is 0.540. The Morgan fingerprint density at radius 3 is 2.41 bits per heavy atom. The minimum atomic E-state index is -2.30. The number of aliphatic hydroxyl groups excluding tert-OH is 2. The number of thioether (sulfide) groups is 1. The summed E-state index contributed by atoms with van der Waals surface area (Å²) in [7, 11) is 0. The first-order chi connectivity index (χ1) is 19.0. The Morgan fingerprint density at radius 1 is 1.22 bits per heavy atom. The van der Waals surface area contributed by atoms with Crippen LogP contribution >= 0.6 is 11.8 Å². The van der Waals surface area contributed by atoms with Crippen molar-refractivity contribution in [2.24, 2.45) is 35.0 Å². The first-order valence-corrected chi connectivity index (χ1v) is 15.3. The fourth-order valence-corrected chi connectivity index (χ4v) is 8.75. The van der Waals surface area contributed by atoms with Gasteiger partial charge in [-0.25, -0.2) is 0 Å². The number of esters is 2. The molecule has 12 atom stereocenters. The number of hydrogen-bond donors (Lipinski definition) is 4. The molecule has 1 saturated heterocycles. The van der Waals surface area contributed by atoms with Crippen molar-refractivity contribution in [3.05, 3.63) is 11.6 Å². The molecule has 4 fully saturated rings. The molecular weight excluding hydrogens is 556 g/mol. The van der Waals surface area contributed by atoms with Crippen LogP contribution in [0.25, 0.3) is 0 Å². The zero-order valence-electron chi connectivity index (χ0n) is 24.4. The van der Waals surface area contributed by atoms with Crippen LogP contribution in [0, 0.1) is 35.0 Å². The van der Waals surface area contributed by atoms with Crippen molar-refractivity contribution < 1.29 is 53.8 Å². The van der Waals surface area contributed by atoms with E-state index in [1.807, 2.05) is 6.92 Å². The van der Waals surface area contributed by atoms with Gasteiger partial charge in [-0.05, 0) is 25.2 Å². The molecule has 1 heterocycles. The quantitative estimate of drug-likeness (QED) is 0.182. The molecule has 228 valence electrons. The number of ketones is 1. The van der Waals surface area contributed by atoms with E-state index in [4.69, 9.17) is 14.2 Å². The number of aliphatic hydroxyl groups is 4. The third-order valence-corrected chi connectivity index (χ3v) is 11.6. The zero-order chi connectivity index (χ0) is 30.7. The summed E-state index contributed by atoms with van der Waals surface area (Å²) in [5, 5.41) is 46.7. The van der Waals surface area contributed by atoms with Crippen LogP contribution in [0.5, 0.6) is 0 Å². The van der Waals surface area contributed by atoms with Gasteiger partial charge in [0.1, 0.15) is 24.2 Å². The normalized spacial score (nSPS) is 47.4. The average Bonchev–Trinajstić information content (AvgIpc) is 3.76. The molecule has 0 aromatic rings. The van der Waals surface area contributed by atoms with Gasteiger partial charge in [-0.1, -0.05) is 52.5 Å². The Hall–Kier alpha value is -1.83. The maximum Gasteiger partial charge on any atom is 0.314 e. The minimum Gasteiger partial charge on any atom is -0.457 e. The largest absolute Gasteiger partial charge is 0.457 e. The Kier molecular flexibility index (Phi) is 6.97. The smallest absolute Gasteiger partial charge is 0.314 e. The van der Waals surface area contributed by atoms with Crippen LogP contribution in [0.2, 0.25) is 0 Å². The molecule has 0 bridgehead atoms. The second-order valence-corrected chi connectivity index (χ2v) is 14.0. The Labute approximate surface area is 243 Å². The molecular formula is C29H40O11S. The van der Waals surface area contributed by atoms with Crippen LogP contribution in [0.4, 0.5) is 0 Å². The monoisotopic (exact) mass is 596 g/mol. The molecule has 3 saturated carbocycles. The molecule has 0 radical (unpaired) electrons. The lowest BCUT2D eigenvalue weighted by atomic mass is 9.58. The molecule has 5 aliphatic rings. The maximum atomic E-state index is 13.4. The summed E-state index contributed by atoms with van der Waals surface area (Å²) in [6, 6.07) is 0. The van der Waals surface area contributed by atoms with Crippen molar-refractivity contribution in [2.75, 3.05) is 12.9 Å². The van der Waals surface area contributed by atoms with Crippen molar-refractivity contribution >= 4 is 34.6 Å². The van der Waals surface area contributed by atoms with E-state index in [2.05, 4.69) is 0 Å². The topological polar surface area (TPSA) is 180 Å². The summed E-state index contributed by atoms with van der Waals surface area (Å²) < 4.78 is 18.0. The van der Waals surface area contributed by atoms with Crippen molar-refractivity contribution in [3.63, 3.8) is 0 Å². The van der Waals surface area contributed by atoms with Crippen molar-refractivity contribution in [1.82, 2.24) is 0 Å². The van der Waals surface area contributed by atoms with E-state index < -0.39 is 112 Å². The van der Waals surface area contributed by atoms with Gasteiger partial charge < -0.3 is 34.6 Å². The van der Waals surface area contributed by atoms with Crippen LogP contribution < -0.4 is 0 Å². The molecule has 11 nitrogen and oxygen atoms in total. The number of hydrogen-bond acceptors (Lipinski definition) is 12. The van der Waals surface area contributed by atoms with Crippen molar-refractivity contribution in [2.45, 2.75) is 95.1 Å². The molecule has 0 spiro atoms. The van der Waals surface area contributed by atoms with E-state index in [1.54, 1.807) is 27.7 Å². The van der Waals surface area contributed by atoms with Gasteiger partial charge in [0.05, 0.1) is 24.2 Å². The fraction of sp³-hybridized carbons (Fsp3) is 0.793. The second-order valence-electron chi connectivity index (χ2n) is 13.1. The lowest BCUT2D eigenvalue weighted by Crippen LogP contribution is -2.69. The third kappa shape index (κ3) is 3.58. The SMILES string of the molecule is CCC(C)C(=O)OC12C(OC(=O)CC(=O)SC)[C@@H](C)C3(O)[C@@H]4C=C(C)C(=O)C4(O)C4OC4(CO)C(O)[C@H]3[C@H]1C2(C)C. The molecule has 8 unspecified atom stereocenters. The van der Waals surface area contributed by atoms with Crippen molar-refractivity contribution in [1.29, 1.82) is 0 Å². The van der Waals surface area contributed by atoms with Gasteiger partial charge in [0.25, 0.3) is 0 Å². The molecule has 0 amide bonds. The van der Waals surface area contributed by atoms with E-state index >= 15 is 0 Å². The van der Waals surface area contributed by atoms with E-state index in [1.165, 1.54) is 19.3 Å². The molecule has 4 aliphatic carbocycles. The van der Waals surface area contributed by atoms with Gasteiger partial charge in [-0.15, -0.1) is 0 Å². The van der Waals surface area contributed by atoms with Gasteiger partial charge in [-0.3, -0.25) is 19.2 Å². The third-order valence-electron chi connectivity index (χ3n) is 11.0. The van der Waals surface area contributed by atoms with E-state index in [-0.39, 0.29) is 5.57 Å². The van der Waals surface area contributed by atoms with Crippen LogP contribution in [0.3, 0.4) is 0 Å². The Balaban J connectivity index is 1.71. The average molecular weight is 597 g/mol. The maximum absolute atomic E-state index is 13.4. The highest BCUT2D eigenvalue weighted by atomic mass is 32.2. The molecule has 12 heteroatoms. The number of carbonyl (C=O) groups excluding carboxylic acids is 4. The lowest BCUT2D eigenvalue weighted by Gasteiger charge is -2.54. The highest BCUT2D eigenvalue weighted by molar-refractivity contribution is 8.13. The summed E-state index contributed by atoms with van der Waals surface area (Å²) in [4.78, 5) is 51.9. The van der Waals surface area contributed by atoms with Crippen LogP contribution in [0.1, 0.15) is 54.4 Å². The van der Waals surface area contributed by atoms with Gasteiger partial charge in [-0.2, -0.15) is 0 Å². The summed E-state index contributed by atoms with van der Waals surface area (Å²) in [6.45, 7) is 9.41. The van der Waals surface area contributed by atoms with Gasteiger partial charge >= 0.3 is 11.9 Å². The van der Waals surface area contributed by atoms with Crippen LogP contribution in [-0.2, 0) is 33.4 Å². The number of rotatable bonds is 7. The number of fused-ring (bicyclic) bond motifs is 7. The van der Waals surface area contributed by atoms with Crippen LogP contribution in [0.15, 0.2) is 11.6 Å². The van der Waals surface area contributed by atoms with Gasteiger partial charge in [0, 0.05) is 29.1 Å². The fourth-order valence-electron chi connectivity index (χ4n) is 8.48. The number of carbonyl (C=O) groups is 4. The zero-order valence-corrected chi connectivity index (χ0v) is 25.2. The summed E-state index contributed by atoms with van der Waals surface area (Å²) in [5.41, 5.74) is -8.45. The number of ether oxygens (including phenoxy) is 3. The number of epoxide rings is 1. The summed E-state index contributed by atoms with van der Waals surface area (Å²) in [5.74, 6) is -7.05. The standard InChI is InChI=1S/C29H40O11S/c1-8-12(2)23(35)39-29-19(25(29,5)6)18-21(34)26(11-30)24(40-26)28(37)15(9-13(3)20(28)33)27(18,36)14(4)22(29)38-16(31)10-17(32)41-7/h9,12,14-15,18-19,21-22,24,30,34,36-37H,8,10-11H2,1-7H3/t12?,14-,15+,18-,19+,21?,22?,24?,26?,27?,28?,29?/m1/s1. The Bertz CT molecular complexity index is 1230. The first kappa shape index (κ1) is 30.6. The summed E-state index contributed by atoms with van der Waals surface area (Å²) in [6.07, 6.45) is -1.26. The van der Waals surface area contributed by atoms with E-state index in [0.717, 1.165) is 11.8 Å². The van der Waals surface area contributed by atoms with Gasteiger partial charge in [0.15, 0.2) is 22.1 Å². The second kappa shape index (κ2) is 9.33. The van der Waals surface area contributed by atoms with E-state index in [9.17, 15) is 39.6 Å². The highest BCUT2D eigenvalue weighted by Gasteiger charge is 2.92. The first-order valence-electron chi connectivity index (χ1n) is 14.1. The molecule has 1 aliphatic heterocycles. The number of Topliss-reactive ketones (excluding diaryl/α,β-unsaturated/α-hetero) is 1. The summed E-state index contributed by atoms with van der Waals surface area (Å²) >= 11 is 0.860. The molecule has 0 aromatic carbocycles. The van der Waals surface area contributed by atoms with Crippen molar-refractivity contribution in [3.8, 4) is 0 Å². The highest BCUT2D eigenvalue weighted by Crippen LogP contribution is 2.79. The minimum absolute atomic E-state index is 0.185. The molecule has 5 rings (SSSR count). The Morgan fingerprint density at radius 2 is 1.85 bits per heavy atom. The van der Waals surface area contributed by atoms with Crippen LogP contribution in [-0.4, -0.2) is 96.8 Å². The molecule has 4 N–H and O–H groups in total. The lowest BCUT2D eigenvalue weighted by molar-refractivity contribution is -0.251. The van der Waals surface area contributed by atoms with Gasteiger partial charge in [0.2, 0.25) is 0 Å². The van der Waals surface area contributed by atoms with E-state index in [0.29, 0.717) is 6.42 Å². The predicted molar refractivity (Wildman–Crippen MR) is 144 cm³/mol. The molecule has 0 aromatic heterocycles. The molecule has 41 heavy (non-hydrogen) atoms.